The predicted octanol–water partition coefficient (Wildman–Crippen LogP) is 5.10. The van der Waals surface area contributed by atoms with Gasteiger partial charge in [-0.3, -0.25) is 4.90 Å². The van der Waals surface area contributed by atoms with E-state index in [0.29, 0.717) is 6.04 Å². The molecule has 2 nitrogen and oxygen atoms in total. The molecule has 1 saturated carbocycles. The minimum atomic E-state index is 0.261. The summed E-state index contributed by atoms with van der Waals surface area (Å²) in [5.41, 5.74) is 1.59. The fraction of sp³-hybridized carbons (Fsp3) is 0.714. The molecule has 0 radical (unpaired) electrons. The number of thioether (sulfide) groups is 1. The Morgan fingerprint density at radius 3 is 2.38 bits per heavy atom. The first-order valence-corrected chi connectivity index (χ1v) is 10.6. The molecule has 1 saturated heterocycles. The van der Waals surface area contributed by atoms with Gasteiger partial charge in [-0.15, -0.1) is 11.8 Å². The van der Waals surface area contributed by atoms with Crippen molar-refractivity contribution in [2.45, 2.75) is 68.6 Å². The van der Waals surface area contributed by atoms with Crippen LogP contribution in [0.2, 0.25) is 0 Å². The average Bonchev–Trinajstić information content (AvgIpc) is 2.57. The molecule has 3 rings (SSSR count). The molecule has 1 aliphatic heterocycles. The molecule has 0 spiro atoms. The van der Waals surface area contributed by atoms with E-state index in [1.807, 2.05) is 11.8 Å². The zero-order valence-electron chi connectivity index (χ0n) is 15.7. The maximum Gasteiger partial charge on any atom is 0.0388 e. The Bertz CT molecular complexity index is 493. The van der Waals surface area contributed by atoms with Crippen LogP contribution in [0.3, 0.4) is 0 Å². The molecule has 0 amide bonds. The summed E-state index contributed by atoms with van der Waals surface area (Å²) in [6, 6.07) is 9.84. The lowest BCUT2D eigenvalue weighted by Crippen LogP contribution is -2.47. The lowest BCUT2D eigenvalue weighted by molar-refractivity contribution is 0.101. The Hall–Kier alpha value is -0.510. The number of nitrogens with one attached hydrogen (secondary N) is 1. The molecule has 1 aromatic rings. The monoisotopic (exact) mass is 346 g/mol. The van der Waals surface area contributed by atoms with Crippen molar-refractivity contribution in [3.63, 3.8) is 0 Å². The van der Waals surface area contributed by atoms with E-state index in [0.717, 1.165) is 19.0 Å². The number of piperazine rings is 1. The molecule has 2 aliphatic rings. The largest absolute Gasteiger partial charge is 0.314 e. The lowest BCUT2D eigenvalue weighted by Gasteiger charge is -2.42. The first-order valence-electron chi connectivity index (χ1n) is 9.77. The fourth-order valence-electron chi connectivity index (χ4n) is 4.31. The van der Waals surface area contributed by atoms with E-state index in [9.17, 15) is 0 Å². The van der Waals surface area contributed by atoms with Gasteiger partial charge < -0.3 is 5.32 Å². The highest BCUT2D eigenvalue weighted by atomic mass is 32.2. The normalized spacial score (nSPS) is 22.5. The highest BCUT2D eigenvalue weighted by Crippen LogP contribution is 2.44. The van der Waals surface area contributed by atoms with Crippen LogP contribution in [-0.2, 0) is 0 Å². The van der Waals surface area contributed by atoms with Crippen LogP contribution < -0.4 is 5.32 Å². The maximum atomic E-state index is 3.53. The first kappa shape index (κ1) is 18.3. The van der Waals surface area contributed by atoms with Crippen LogP contribution in [-0.4, -0.2) is 35.8 Å². The SMILES string of the molecule is CC(C)(C)Sc1ccccc1[C@H](C1CCCCC1)N1CCNCC1. The van der Waals surface area contributed by atoms with Crippen molar-refractivity contribution in [3.8, 4) is 0 Å². The Morgan fingerprint density at radius 2 is 1.71 bits per heavy atom. The molecule has 0 aromatic heterocycles. The minimum Gasteiger partial charge on any atom is -0.314 e. The molecule has 3 heteroatoms. The Labute approximate surface area is 152 Å². The van der Waals surface area contributed by atoms with Crippen molar-refractivity contribution >= 4 is 11.8 Å². The van der Waals surface area contributed by atoms with Crippen molar-refractivity contribution < 1.29 is 0 Å². The molecule has 1 heterocycles. The molecule has 1 aliphatic carbocycles. The van der Waals surface area contributed by atoms with E-state index < -0.39 is 0 Å². The topological polar surface area (TPSA) is 15.3 Å². The molecular formula is C21H34N2S. The van der Waals surface area contributed by atoms with Crippen LogP contribution >= 0.6 is 11.8 Å². The summed E-state index contributed by atoms with van der Waals surface area (Å²) in [6.45, 7) is 11.6. The summed E-state index contributed by atoms with van der Waals surface area (Å²) in [4.78, 5) is 4.27. The first-order chi connectivity index (χ1) is 11.5. The van der Waals surface area contributed by atoms with Crippen molar-refractivity contribution in [2.24, 2.45) is 5.92 Å². The Balaban J connectivity index is 1.92. The van der Waals surface area contributed by atoms with Crippen LogP contribution in [0.25, 0.3) is 0 Å². The van der Waals surface area contributed by atoms with Crippen LogP contribution in [0.1, 0.15) is 64.5 Å². The quantitative estimate of drug-likeness (QED) is 0.763. The van der Waals surface area contributed by atoms with Gasteiger partial charge in [0.15, 0.2) is 0 Å². The predicted molar refractivity (Wildman–Crippen MR) is 106 cm³/mol. The zero-order valence-corrected chi connectivity index (χ0v) is 16.5. The molecule has 1 N–H and O–H groups in total. The molecule has 134 valence electrons. The van der Waals surface area contributed by atoms with Crippen molar-refractivity contribution in [2.75, 3.05) is 26.2 Å². The van der Waals surface area contributed by atoms with Gasteiger partial charge >= 0.3 is 0 Å². The van der Waals surface area contributed by atoms with E-state index in [4.69, 9.17) is 0 Å². The zero-order chi connectivity index (χ0) is 17.0. The number of benzene rings is 1. The summed E-state index contributed by atoms with van der Waals surface area (Å²) >= 11 is 2.04. The van der Waals surface area contributed by atoms with Gasteiger partial charge in [0.05, 0.1) is 0 Å². The maximum absolute atomic E-state index is 3.53. The van der Waals surface area contributed by atoms with Gasteiger partial charge in [-0.2, -0.15) is 0 Å². The van der Waals surface area contributed by atoms with Gasteiger partial charge in [0.25, 0.3) is 0 Å². The van der Waals surface area contributed by atoms with E-state index in [2.05, 4.69) is 55.3 Å². The highest BCUT2D eigenvalue weighted by Gasteiger charge is 2.32. The highest BCUT2D eigenvalue weighted by molar-refractivity contribution is 8.00. The van der Waals surface area contributed by atoms with Gasteiger partial charge in [-0.05, 0) is 30.4 Å². The summed E-state index contributed by atoms with van der Waals surface area (Å²) in [6.07, 6.45) is 7.08. The molecule has 24 heavy (non-hydrogen) atoms. The number of nitrogens with zero attached hydrogens (tertiary/aromatic N) is 1. The van der Waals surface area contributed by atoms with Gasteiger partial charge in [-0.25, -0.2) is 0 Å². The van der Waals surface area contributed by atoms with Crippen molar-refractivity contribution in [1.29, 1.82) is 0 Å². The lowest BCUT2D eigenvalue weighted by atomic mass is 9.80. The second kappa shape index (κ2) is 8.25. The molecule has 1 aromatic carbocycles. The Morgan fingerprint density at radius 1 is 1.04 bits per heavy atom. The fourth-order valence-corrected chi connectivity index (χ4v) is 5.42. The van der Waals surface area contributed by atoms with Crippen LogP contribution in [0.5, 0.6) is 0 Å². The van der Waals surface area contributed by atoms with Crippen LogP contribution in [0.4, 0.5) is 0 Å². The second-order valence-corrected chi connectivity index (χ2v) is 10.2. The third-order valence-electron chi connectivity index (χ3n) is 5.30. The smallest absolute Gasteiger partial charge is 0.0388 e. The molecule has 0 unspecified atom stereocenters. The minimum absolute atomic E-state index is 0.261. The summed E-state index contributed by atoms with van der Waals surface area (Å²) in [5, 5.41) is 3.53. The summed E-state index contributed by atoms with van der Waals surface area (Å²) in [7, 11) is 0. The van der Waals surface area contributed by atoms with E-state index >= 15 is 0 Å². The van der Waals surface area contributed by atoms with E-state index in [-0.39, 0.29) is 4.75 Å². The standard InChI is InChI=1S/C21H34N2S/c1-21(2,3)24-19-12-8-7-11-18(19)20(17-9-5-4-6-10-17)23-15-13-22-14-16-23/h7-8,11-12,17,20,22H,4-6,9-10,13-16H2,1-3H3/t20-/m0/s1. The van der Waals surface area contributed by atoms with E-state index in [1.165, 1.54) is 50.1 Å². The summed E-state index contributed by atoms with van der Waals surface area (Å²) < 4.78 is 0.261. The second-order valence-electron chi connectivity index (χ2n) is 8.38. The molecule has 2 fully saturated rings. The van der Waals surface area contributed by atoms with Crippen molar-refractivity contribution in [1.82, 2.24) is 10.2 Å². The number of hydrogen-bond donors (Lipinski definition) is 1. The molecular weight excluding hydrogens is 312 g/mol. The summed E-state index contributed by atoms with van der Waals surface area (Å²) in [5.74, 6) is 0.832. The Kier molecular flexibility index (Phi) is 6.28. The third kappa shape index (κ3) is 4.77. The molecule has 0 bridgehead atoms. The van der Waals surface area contributed by atoms with Gasteiger partial charge in [-0.1, -0.05) is 58.2 Å². The van der Waals surface area contributed by atoms with Crippen molar-refractivity contribution in [3.05, 3.63) is 29.8 Å². The third-order valence-corrected chi connectivity index (χ3v) is 6.50. The number of rotatable bonds is 4. The molecule has 1 atom stereocenters. The van der Waals surface area contributed by atoms with Crippen LogP contribution in [0.15, 0.2) is 29.2 Å². The van der Waals surface area contributed by atoms with Crippen LogP contribution in [0, 0.1) is 5.92 Å². The average molecular weight is 347 g/mol. The van der Waals surface area contributed by atoms with E-state index in [1.54, 1.807) is 5.56 Å². The van der Waals surface area contributed by atoms with Gasteiger partial charge in [0.1, 0.15) is 0 Å². The van der Waals surface area contributed by atoms with Gasteiger partial charge in [0, 0.05) is 41.9 Å². The van der Waals surface area contributed by atoms with Gasteiger partial charge in [0.2, 0.25) is 0 Å². The number of hydrogen-bond acceptors (Lipinski definition) is 3.